The number of rotatable bonds is 13. The number of alkyl halides is 2. The fourth-order valence-corrected chi connectivity index (χ4v) is 5.64. The minimum Gasteiger partial charge on any atom is -0.177 e. The van der Waals surface area contributed by atoms with Crippen LogP contribution in [0.4, 0.5) is 0 Å². The highest BCUT2D eigenvalue weighted by Gasteiger charge is 2.09. The molecule has 0 fully saturated rings. The van der Waals surface area contributed by atoms with Crippen LogP contribution in [-0.4, -0.2) is 43.3 Å². The Hall–Kier alpha value is 1.64. The summed E-state index contributed by atoms with van der Waals surface area (Å²) in [6.45, 7) is 30.0. The largest absolute Gasteiger partial charge is 0.177 e. The number of allylic oxidation sites excluding steroid dienone is 6. The van der Waals surface area contributed by atoms with E-state index in [4.69, 9.17) is 23.2 Å². The van der Waals surface area contributed by atoms with Crippen LogP contribution in [0, 0.1) is 0 Å². The van der Waals surface area contributed by atoms with Crippen LogP contribution < -0.4 is 0 Å². The van der Waals surface area contributed by atoms with E-state index in [2.05, 4.69) is 145 Å². The highest BCUT2D eigenvalue weighted by Crippen LogP contribution is 2.34. The van der Waals surface area contributed by atoms with Crippen molar-refractivity contribution < 1.29 is 0 Å². The zero-order chi connectivity index (χ0) is 34.3. The van der Waals surface area contributed by atoms with Gasteiger partial charge in [0.1, 0.15) is 0 Å². The molecule has 0 aliphatic carbocycles. The van der Waals surface area contributed by atoms with E-state index in [1.54, 1.807) is 0 Å². The van der Waals surface area contributed by atoms with Crippen LogP contribution in [0.25, 0.3) is 0 Å². The Kier molecular flexibility index (Phi) is 62.7. The highest BCUT2D eigenvalue weighted by molar-refractivity contribution is 8.77. The van der Waals surface area contributed by atoms with E-state index < -0.39 is 0 Å². The molecule has 0 nitrogen and oxygen atoms in total. The Morgan fingerprint density at radius 1 is 0.595 bits per heavy atom. The molecular formula is C34H70Cl2S6. The van der Waals surface area contributed by atoms with Gasteiger partial charge in [-0.15, -0.1) is 23.2 Å². The number of halogens is 2. The summed E-state index contributed by atoms with van der Waals surface area (Å²) in [5.74, 6) is 3.41. The molecule has 0 rings (SSSR count). The van der Waals surface area contributed by atoms with Crippen LogP contribution in [0.15, 0.2) is 48.6 Å². The van der Waals surface area contributed by atoms with Gasteiger partial charge in [-0.2, -0.15) is 25.3 Å². The van der Waals surface area contributed by atoms with E-state index >= 15 is 0 Å². The molecule has 0 bridgehead atoms. The predicted molar refractivity (Wildman–Crippen MR) is 227 cm³/mol. The molecule has 0 amide bonds. The van der Waals surface area contributed by atoms with Crippen LogP contribution in [0.1, 0.15) is 123 Å². The topological polar surface area (TPSA) is 0 Å². The van der Waals surface area contributed by atoms with E-state index in [1.807, 2.05) is 69.2 Å². The molecule has 0 aliphatic heterocycles. The second-order valence-electron chi connectivity index (χ2n) is 11.0. The lowest BCUT2D eigenvalue weighted by Crippen LogP contribution is -2.04. The first kappa shape index (κ1) is 56.0. The molecule has 0 N–H and O–H groups in total. The van der Waals surface area contributed by atoms with Crippen molar-refractivity contribution in [1.82, 2.24) is 0 Å². The second kappa shape index (κ2) is 47.1. The maximum Gasteiger partial charge on any atom is 0.0404 e. The average molecular weight is 742 g/mol. The SMILES string of the molecule is CC(C)(C)S.CC(C)S.CC/C=C\CC.CC/C=C\CSSC(C)(C)C.CC/C=C\CSSC(C)C.ClC/C=C\CCl. The van der Waals surface area contributed by atoms with Gasteiger partial charge in [0.25, 0.3) is 0 Å². The van der Waals surface area contributed by atoms with Crippen molar-refractivity contribution in [3.8, 4) is 0 Å². The zero-order valence-corrected chi connectivity index (χ0v) is 36.3. The fraction of sp³-hybridized carbons (Fsp3) is 0.765. The van der Waals surface area contributed by atoms with Gasteiger partial charge in [-0.3, -0.25) is 0 Å². The molecule has 0 spiro atoms. The highest BCUT2D eigenvalue weighted by atomic mass is 35.5. The number of hydrogen-bond acceptors (Lipinski definition) is 6. The van der Waals surface area contributed by atoms with Crippen LogP contribution in [0.3, 0.4) is 0 Å². The first-order chi connectivity index (χ1) is 19.4. The Bertz CT molecular complexity index is 527. The molecule has 0 aromatic rings. The molecule has 8 heteroatoms. The molecule has 0 saturated carbocycles. The van der Waals surface area contributed by atoms with Gasteiger partial charge in [-0.25, -0.2) is 0 Å². The van der Waals surface area contributed by atoms with Gasteiger partial charge < -0.3 is 0 Å². The molecule has 0 aliphatic rings. The number of hydrogen-bond donors (Lipinski definition) is 2. The Morgan fingerprint density at radius 3 is 1.12 bits per heavy atom. The molecule has 0 saturated heterocycles. The maximum absolute atomic E-state index is 5.23. The van der Waals surface area contributed by atoms with Crippen LogP contribution >= 0.6 is 91.6 Å². The van der Waals surface area contributed by atoms with Crippen molar-refractivity contribution in [2.45, 2.75) is 143 Å². The summed E-state index contributed by atoms with van der Waals surface area (Å²) in [5.41, 5.74) is 0. The molecule has 0 aromatic heterocycles. The summed E-state index contributed by atoms with van der Waals surface area (Å²) in [6.07, 6.45) is 21.6. The average Bonchev–Trinajstić information content (AvgIpc) is 2.85. The Morgan fingerprint density at radius 2 is 0.881 bits per heavy atom. The lowest BCUT2D eigenvalue weighted by Gasteiger charge is -2.15. The summed E-state index contributed by atoms with van der Waals surface area (Å²) in [5, 5.41) is 1.28. The molecule has 42 heavy (non-hydrogen) atoms. The van der Waals surface area contributed by atoms with Crippen molar-refractivity contribution >= 4 is 91.6 Å². The second-order valence-corrected chi connectivity index (χ2v) is 20.1. The van der Waals surface area contributed by atoms with Crippen molar-refractivity contribution in [3.05, 3.63) is 48.6 Å². The third-order valence-corrected chi connectivity index (χ3v) is 9.07. The summed E-state index contributed by atoms with van der Waals surface area (Å²) in [6, 6.07) is 0. The monoisotopic (exact) mass is 740 g/mol. The van der Waals surface area contributed by atoms with Crippen molar-refractivity contribution in [2.24, 2.45) is 0 Å². The van der Waals surface area contributed by atoms with Crippen molar-refractivity contribution in [3.63, 3.8) is 0 Å². The molecule has 0 radical (unpaired) electrons. The van der Waals surface area contributed by atoms with Crippen LogP contribution in [0.2, 0.25) is 0 Å². The summed E-state index contributed by atoms with van der Waals surface area (Å²) in [7, 11) is 7.76. The molecule has 0 unspecified atom stereocenters. The maximum atomic E-state index is 5.23. The van der Waals surface area contributed by atoms with E-state index in [9.17, 15) is 0 Å². The predicted octanol–water partition coefficient (Wildman–Crippen LogP) is 15.3. The molecular weight excluding hydrogens is 672 g/mol. The molecule has 0 aromatic carbocycles. The van der Waals surface area contributed by atoms with Gasteiger partial charge >= 0.3 is 0 Å². The van der Waals surface area contributed by atoms with Gasteiger partial charge in [0.15, 0.2) is 0 Å². The minimum absolute atomic E-state index is 0.194. The normalized spacial score (nSPS) is 11.3. The summed E-state index contributed by atoms with van der Waals surface area (Å²) < 4.78 is 0.588. The first-order valence-electron chi connectivity index (χ1n) is 15.1. The minimum atomic E-state index is 0.194. The first-order valence-corrected chi connectivity index (χ1v) is 21.8. The number of thiol groups is 2. The molecule has 0 atom stereocenters. The van der Waals surface area contributed by atoms with E-state index in [0.29, 0.717) is 21.8 Å². The summed E-state index contributed by atoms with van der Waals surface area (Å²) >= 11 is 18.6. The Balaban J connectivity index is -0.0000000962. The van der Waals surface area contributed by atoms with Crippen LogP contribution in [-0.2, 0) is 0 Å². The van der Waals surface area contributed by atoms with Gasteiger partial charge in [0.05, 0.1) is 0 Å². The van der Waals surface area contributed by atoms with Crippen molar-refractivity contribution in [1.29, 1.82) is 0 Å². The van der Waals surface area contributed by atoms with Gasteiger partial charge in [0.2, 0.25) is 0 Å². The van der Waals surface area contributed by atoms with E-state index in [0.717, 1.165) is 29.6 Å². The van der Waals surface area contributed by atoms with E-state index in [-0.39, 0.29) is 4.75 Å². The smallest absolute Gasteiger partial charge is 0.0404 e. The van der Waals surface area contributed by atoms with Gasteiger partial charge in [-0.05, 0) is 30.9 Å². The van der Waals surface area contributed by atoms with Gasteiger partial charge in [-0.1, -0.05) is 189 Å². The fourth-order valence-electron chi connectivity index (χ4n) is 1.39. The third kappa shape index (κ3) is 134. The van der Waals surface area contributed by atoms with Crippen molar-refractivity contribution in [2.75, 3.05) is 23.3 Å². The third-order valence-electron chi connectivity index (χ3n) is 2.69. The molecule has 256 valence electrons. The lowest BCUT2D eigenvalue weighted by atomic mass is 10.3. The Labute approximate surface area is 303 Å². The molecule has 0 heterocycles. The standard InChI is InChI=1S/C9H18S2.C8H16S2.C6H12.C4H6Cl2.C4H10S.C3H8S/c1-5-6-7-8-10-11-9(2,3)4;1-4-5-6-7-9-10-8(2)3;1-3-5-6-4-2;5-3-1-2-4-6;1-4(2,3)5;1-3(2)4/h6-7H,5,8H2,1-4H3;5-6,8H,4,7H2,1-3H3;5-6H,3-4H2,1-2H3;1-2H,3-4H2;5H,1-3H3;3-4H,1-2H3/b7-6-;2*6-5-;2-1-;;. The zero-order valence-electron chi connectivity index (χ0n) is 29.7. The summed E-state index contributed by atoms with van der Waals surface area (Å²) in [4.78, 5) is 0. The lowest BCUT2D eigenvalue weighted by molar-refractivity contribution is 0.810. The quantitative estimate of drug-likeness (QED) is 0.0634. The van der Waals surface area contributed by atoms with Gasteiger partial charge in [0, 0.05) is 38.0 Å². The van der Waals surface area contributed by atoms with Crippen LogP contribution in [0.5, 0.6) is 0 Å². The van der Waals surface area contributed by atoms with E-state index in [1.165, 1.54) is 12.8 Å².